The van der Waals surface area contributed by atoms with E-state index in [1.54, 1.807) is 16.0 Å². The number of rotatable bonds is 3. The second-order valence-electron chi connectivity index (χ2n) is 6.34. The molecule has 0 saturated heterocycles. The van der Waals surface area contributed by atoms with Crippen molar-refractivity contribution in [2.24, 2.45) is 0 Å². The molecule has 0 bridgehead atoms. The average Bonchev–Trinajstić information content (AvgIpc) is 3.27. The van der Waals surface area contributed by atoms with Gasteiger partial charge in [0.1, 0.15) is 6.04 Å². The molecule has 2 aromatic heterocycles. The molecule has 4 rings (SSSR count). The number of aryl methyl sites for hydroxylation is 2. The van der Waals surface area contributed by atoms with Crippen LogP contribution >= 0.6 is 11.3 Å². The molecule has 1 aliphatic heterocycles. The van der Waals surface area contributed by atoms with Gasteiger partial charge in [0, 0.05) is 11.4 Å². The minimum Gasteiger partial charge on any atom is -0.326 e. The quantitative estimate of drug-likeness (QED) is 0.743. The maximum Gasteiger partial charge on any atom is 0.255 e. The Morgan fingerprint density at radius 1 is 1.27 bits per heavy atom. The molecule has 7 nitrogen and oxygen atoms in total. The molecule has 1 amide bonds. The van der Waals surface area contributed by atoms with Crippen LogP contribution in [0.25, 0.3) is 0 Å². The first-order valence-electron chi connectivity index (χ1n) is 8.21. The highest BCUT2D eigenvalue weighted by Gasteiger charge is 2.34. The monoisotopic (exact) mass is 366 g/mol. The molecule has 1 aliphatic rings. The van der Waals surface area contributed by atoms with E-state index in [4.69, 9.17) is 0 Å². The number of thiophene rings is 1. The summed E-state index contributed by atoms with van der Waals surface area (Å²) in [5.41, 5.74) is 5.30. The highest BCUT2D eigenvalue weighted by molar-refractivity contribution is 7.08. The predicted octanol–water partition coefficient (Wildman–Crippen LogP) is 3.28. The van der Waals surface area contributed by atoms with Gasteiger partial charge >= 0.3 is 0 Å². The van der Waals surface area contributed by atoms with E-state index in [0.29, 0.717) is 11.5 Å². The van der Waals surface area contributed by atoms with Crippen LogP contribution < -0.4 is 10.6 Å². The molecule has 0 unspecified atom stereocenters. The first kappa shape index (κ1) is 16.5. The van der Waals surface area contributed by atoms with Gasteiger partial charge in [0.15, 0.2) is 0 Å². The number of fused-ring (bicyclic) bond motifs is 1. The molecule has 3 heterocycles. The molecule has 1 atom stereocenters. The Morgan fingerprint density at radius 2 is 2.12 bits per heavy atom. The first-order valence-corrected chi connectivity index (χ1v) is 9.15. The van der Waals surface area contributed by atoms with Crippen molar-refractivity contribution in [3.63, 3.8) is 0 Å². The number of nitrogens with one attached hydrogen (secondary N) is 2. The molecule has 0 fully saturated rings. The Morgan fingerprint density at radius 3 is 2.85 bits per heavy atom. The summed E-state index contributed by atoms with van der Waals surface area (Å²) in [6, 6.07) is 7.59. The zero-order valence-corrected chi connectivity index (χ0v) is 15.5. The van der Waals surface area contributed by atoms with Crippen molar-refractivity contribution < 1.29 is 4.79 Å². The molecule has 26 heavy (non-hydrogen) atoms. The lowest BCUT2D eigenvalue weighted by Gasteiger charge is -2.27. The smallest absolute Gasteiger partial charge is 0.255 e. The van der Waals surface area contributed by atoms with Gasteiger partial charge in [-0.15, -0.1) is 0 Å². The van der Waals surface area contributed by atoms with Crippen LogP contribution in [0.5, 0.6) is 0 Å². The lowest BCUT2D eigenvalue weighted by molar-refractivity contribution is -0.113. The van der Waals surface area contributed by atoms with Crippen LogP contribution in [0.3, 0.4) is 0 Å². The number of benzene rings is 1. The van der Waals surface area contributed by atoms with E-state index in [9.17, 15) is 4.79 Å². The van der Waals surface area contributed by atoms with Crippen molar-refractivity contribution in [1.29, 1.82) is 0 Å². The normalized spacial score (nSPS) is 16.2. The Balaban J connectivity index is 1.74. The summed E-state index contributed by atoms with van der Waals surface area (Å²) < 4.78 is 1.64. The van der Waals surface area contributed by atoms with Crippen LogP contribution in [0, 0.1) is 13.8 Å². The van der Waals surface area contributed by atoms with Gasteiger partial charge in [0.2, 0.25) is 5.95 Å². The van der Waals surface area contributed by atoms with Gasteiger partial charge in [-0.1, -0.05) is 22.8 Å². The Labute approximate surface area is 154 Å². The maximum absolute atomic E-state index is 13.2. The summed E-state index contributed by atoms with van der Waals surface area (Å²) in [6.45, 7) is 5.88. The second kappa shape index (κ2) is 6.38. The maximum atomic E-state index is 13.2. The van der Waals surface area contributed by atoms with Crippen molar-refractivity contribution in [1.82, 2.24) is 20.2 Å². The number of aromatic nitrogens is 4. The predicted molar refractivity (Wildman–Crippen MR) is 101 cm³/mol. The molecule has 132 valence electrons. The van der Waals surface area contributed by atoms with Gasteiger partial charge in [-0.2, -0.15) is 16.0 Å². The van der Waals surface area contributed by atoms with Crippen LogP contribution in [0.2, 0.25) is 0 Å². The van der Waals surface area contributed by atoms with E-state index in [0.717, 1.165) is 28.1 Å². The number of hydrogen-bond donors (Lipinski definition) is 2. The van der Waals surface area contributed by atoms with E-state index >= 15 is 0 Å². The number of allylic oxidation sites excluding steroid dienone is 1. The first-order chi connectivity index (χ1) is 12.5. The van der Waals surface area contributed by atoms with Gasteiger partial charge in [-0.3, -0.25) is 4.79 Å². The van der Waals surface area contributed by atoms with Crippen molar-refractivity contribution in [3.05, 3.63) is 63.0 Å². The Hall–Kier alpha value is -3.00. The fourth-order valence-electron chi connectivity index (χ4n) is 3.19. The number of anilines is 2. The van der Waals surface area contributed by atoms with Gasteiger partial charge < -0.3 is 10.6 Å². The van der Waals surface area contributed by atoms with E-state index in [2.05, 4.69) is 26.2 Å². The van der Waals surface area contributed by atoms with E-state index in [1.165, 1.54) is 0 Å². The molecule has 8 heteroatoms. The topological polar surface area (TPSA) is 84.7 Å². The minimum atomic E-state index is -0.363. The van der Waals surface area contributed by atoms with Crippen LogP contribution in [0.4, 0.5) is 11.6 Å². The summed E-state index contributed by atoms with van der Waals surface area (Å²) >= 11 is 1.58. The number of nitrogens with zero attached hydrogens (tertiary/aromatic N) is 4. The molecule has 0 spiro atoms. The number of hydrogen-bond acceptors (Lipinski definition) is 6. The largest absolute Gasteiger partial charge is 0.326 e. The van der Waals surface area contributed by atoms with Gasteiger partial charge in [0.25, 0.3) is 5.91 Å². The minimum absolute atomic E-state index is 0.167. The van der Waals surface area contributed by atoms with Crippen LogP contribution in [-0.2, 0) is 4.79 Å². The molecule has 0 saturated carbocycles. The van der Waals surface area contributed by atoms with Crippen LogP contribution in [-0.4, -0.2) is 26.1 Å². The van der Waals surface area contributed by atoms with Gasteiger partial charge in [-0.05, 0) is 65.2 Å². The molecular formula is C18H18N6OS. The van der Waals surface area contributed by atoms with Gasteiger partial charge in [-0.25, -0.2) is 0 Å². The van der Waals surface area contributed by atoms with Crippen LogP contribution in [0.1, 0.15) is 29.7 Å². The molecule has 0 radical (unpaired) electrons. The lowest BCUT2D eigenvalue weighted by Crippen LogP contribution is -2.31. The van der Waals surface area contributed by atoms with Crippen LogP contribution in [0.15, 0.2) is 46.3 Å². The fraction of sp³-hybridized carbons (Fsp3) is 0.222. The van der Waals surface area contributed by atoms with Crippen molar-refractivity contribution in [2.75, 3.05) is 10.6 Å². The summed E-state index contributed by atoms with van der Waals surface area (Å²) in [5, 5.41) is 22.0. The molecule has 1 aromatic carbocycles. The molecule has 3 aromatic rings. The average molecular weight is 366 g/mol. The standard InChI is InChI=1S/C18H18N6OS/c1-10-4-5-14(11(2)8-10)20-17(25)15-12(3)19-18-21-22-23-24(18)16(15)13-6-7-26-9-13/h4-9,16H,1-3H3,(H,20,25)(H,19,21,23)/t16-/m0/s1. The lowest BCUT2D eigenvalue weighted by atomic mass is 9.97. The number of amides is 1. The molecule has 0 aliphatic carbocycles. The van der Waals surface area contributed by atoms with Crippen molar-refractivity contribution >= 4 is 28.9 Å². The Kier molecular flexibility index (Phi) is 4.04. The third-order valence-electron chi connectivity index (χ3n) is 4.45. The van der Waals surface area contributed by atoms with Gasteiger partial charge in [0.05, 0.1) is 5.57 Å². The summed E-state index contributed by atoms with van der Waals surface area (Å²) in [4.78, 5) is 13.2. The van der Waals surface area contributed by atoms with Crippen molar-refractivity contribution in [2.45, 2.75) is 26.8 Å². The summed E-state index contributed by atoms with van der Waals surface area (Å²) in [7, 11) is 0. The fourth-order valence-corrected chi connectivity index (χ4v) is 3.87. The Bertz CT molecular complexity index is 1000. The second-order valence-corrected chi connectivity index (χ2v) is 7.12. The van der Waals surface area contributed by atoms with E-state index in [-0.39, 0.29) is 11.9 Å². The SMILES string of the molecule is CC1=C(C(=O)Nc2ccc(C)cc2C)[C@H](c2ccsc2)n2nnnc2N1. The summed E-state index contributed by atoms with van der Waals surface area (Å²) in [5.74, 6) is 0.362. The highest BCUT2D eigenvalue weighted by Crippen LogP contribution is 2.35. The summed E-state index contributed by atoms with van der Waals surface area (Å²) in [6.07, 6.45) is 0. The molecular weight excluding hydrogens is 348 g/mol. The number of tetrazole rings is 1. The number of carbonyl (C=O) groups is 1. The zero-order chi connectivity index (χ0) is 18.3. The van der Waals surface area contributed by atoms with E-state index in [1.807, 2.05) is 55.8 Å². The van der Waals surface area contributed by atoms with Crippen molar-refractivity contribution in [3.8, 4) is 0 Å². The molecule has 2 N–H and O–H groups in total. The highest BCUT2D eigenvalue weighted by atomic mass is 32.1. The third kappa shape index (κ3) is 2.78. The van der Waals surface area contributed by atoms with E-state index < -0.39 is 0 Å². The zero-order valence-electron chi connectivity index (χ0n) is 14.6. The number of carbonyl (C=O) groups excluding carboxylic acids is 1. The third-order valence-corrected chi connectivity index (χ3v) is 5.15.